The van der Waals surface area contributed by atoms with E-state index in [1.54, 1.807) is 28.0 Å². The predicted molar refractivity (Wildman–Crippen MR) is 67.9 cm³/mol. The van der Waals surface area contributed by atoms with E-state index < -0.39 is 0 Å². The second-order valence-corrected chi connectivity index (χ2v) is 4.80. The van der Waals surface area contributed by atoms with Gasteiger partial charge in [0, 0.05) is 26.2 Å². The Hall–Kier alpha value is -2.24. The van der Waals surface area contributed by atoms with Crippen LogP contribution in [0.5, 0.6) is 5.75 Å². The predicted octanol–water partition coefficient (Wildman–Crippen LogP) is 0.242. The van der Waals surface area contributed by atoms with Crippen molar-refractivity contribution in [2.75, 3.05) is 26.2 Å². The molecule has 0 aliphatic carbocycles. The zero-order valence-corrected chi connectivity index (χ0v) is 10.4. The van der Waals surface area contributed by atoms with E-state index in [0.717, 1.165) is 0 Å². The Morgan fingerprint density at radius 2 is 2.11 bits per heavy atom. The van der Waals surface area contributed by atoms with Gasteiger partial charge in [-0.2, -0.15) is 0 Å². The average molecular weight is 261 g/mol. The number of phenolic OH excluding ortho intramolecular Hbond substituents is 1. The maximum absolute atomic E-state index is 12.3. The Morgan fingerprint density at radius 3 is 2.89 bits per heavy atom. The molecule has 0 bridgehead atoms. The summed E-state index contributed by atoms with van der Waals surface area (Å²) in [6.07, 6.45) is 0. The van der Waals surface area contributed by atoms with Crippen LogP contribution in [0.25, 0.3) is 0 Å². The molecule has 1 aromatic carbocycles. The highest BCUT2D eigenvalue weighted by atomic mass is 16.3. The van der Waals surface area contributed by atoms with Crippen LogP contribution in [0.2, 0.25) is 0 Å². The molecule has 1 atom stereocenters. The number of aromatic hydroxyl groups is 1. The summed E-state index contributed by atoms with van der Waals surface area (Å²) in [6, 6.07) is 6.51. The first-order valence-electron chi connectivity index (χ1n) is 6.28. The third kappa shape index (κ3) is 1.99. The molecule has 2 aliphatic rings. The Balaban J connectivity index is 1.76. The van der Waals surface area contributed by atoms with Gasteiger partial charge in [-0.25, -0.2) is 4.79 Å². The molecule has 1 aromatic rings. The van der Waals surface area contributed by atoms with Gasteiger partial charge in [-0.05, 0) is 12.1 Å². The first kappa shape index (κ1) is 11.8. The van der Waals surface area contributed by atoms with Gasteiger partial charge in [-0.15, -0.1) is 0 Å². The zero-order chi connectivity index (χ0) is 13.4. The number of para-hydroxylation sites is 1. The minimum absolute atomic E-state index is 0.00412. The van der Waals surface area contributed by atoms with E-state index in [1.165, 1.54) is 6.07 Å². The van der Waals surface area contributed by atoms with E-state index in [2.05, 4.69) is 5.32 Å². The van der Waals surface area contributed by atoms with Crippen LogP contribution in [0.1, 0.15) is 10.4 Å². The number of urea groups is 1. The average Bonchev–Trinajstić information content (AvgIpc) is 2.80. The first-order chi connectivity index (χ1) is 9.16. The maximum atomic E-state index is 12.3. The standard InChI is InChI=1S/C13H15N3O3/c17-11-4-2-1-3-10(11)12(18)15-5-6-16-9(8-15)7-14-13(16)19/h1-4,9,17H,5-8H2,(H,14,19). The van der Waals surface area contributed by atoms with E-state index in [4.69, 9.17) is 0 Å². The lowest BCUT2D eigenvalue weighted by molar-refractivity contribution is 0.0614. The van der Waals surface area contributed by atoms with E-state index in [0.29, 0.717) is 31.7 Å². The number of fused-ring (bicyclic) bond motifs is 1. The van der Waals surface area contributed by atoms with Crippen LogP contribution >= 0.6 is 0 Å². The van der Waals surface area contributed by atoms with Crippen molar-refractivity contribution in [3.8, 4) is 5.75 Å². The van der Waals surface area contributed by atoms with E-state index in [1.807, 2.05) is 0 Å². The zero-order valence-electron chi connectivity index (χ0n) is 10.4. The van der Waals surface area contributed by atoms with Crippen LogP contribution in [0.15, 0.2) is 24.3 Å². The Kier molecular flexibility index (Phi) is 2.77. The molecule has 1 unspecified atom stereocenters. The largest absolute Gasteiger partial charge is 0.507 e. The van der Waals surface area contributed by atoms with Gasteiger partial charge >= 0.3 is 6.03 Å². The summed E-state index contributed by atoms with van der Waals surface area (Å²) in [7, 11) is 0. The van der Waals surface area contributed by atoms with Gasteiger partial charge in [0.1, 0.15) is 5.75 Å². The number of nitrogens with zero attached hydrogens (tertiary/aromatic N) is 2. The SMILES string of the molecule is O=C(c1ccccc1O)N1CCN2C(=O)NCC2C1. The van der Waals surface area contributed by atoms with Gasteiger partial charge < -0.3 is 20.2 Å². The van der Waals surface area contributed by atoms with E-state index in [-0.39, 0.29) is 23.7 Å². The maximum Gasteiger partial charge on any atom is 0.317 e. The number of piperazine rings is 1. The molecule has 3 amide bonds. The molecular formula is C13H15N3O3. The van der Waals surface area contributed by atoms with E-state index >= 15 is 0 Å². The summed E-state index contributed by atoms with van der Waals surface area (Å²) in [6.45, 7) is 2.11. The van der Waals surface area contributed by atoms with Crippen molar-refractivity contribution in [2.45, 2.75) is 6.04 Å². The third-order valence-electron chi connectivity index (χ3n) is 3.65. The molecule has 2 N–H and O–H groups in total. The molecule has 100 valence electrons. The van der Waals surface area contributed by atoms with Crippen molar-refractivity contribution in [3.63, 3.8) is 0 Å². The van der Waals surface area contributed by atoms with Crippen molar-refractivity contribution in [3.05, 3.63) is 29.8 Å². The first-order valence-corrected chi connectivity index (χ1v) is 6.28. The molecule has 0 spiro atoms. The highest BCUT2D eigenvalue weighted by molar-refractivity contribution is 5.97. The molecule has 19 heavy (non-hydrogen) atoms. The Labute approximate surface area is 110 Å². The fourth-order valence-corrected chi connectivity index (χ4v) is 2.61. The summed E-state index contributed by atoms with van der Waals surface area (Å²) in [4.78, 5) is 27.3. The van der Waals surface area contributed by atoms with Gasteiger partial charge in [0.25, 0.3) is 5.91 Å². The molecule has 6 heteroatoms. The van der Waals surface area contributed by atoms with Gasteiger partial charge in [0.15, 0.2) is 0 Å². The van der Waals surface area contributed by atoms with Crippen LogP contribution in [-0.4, -0.2) is 59.1 Å². The molecule has 2 heterocycles. The highest BCUT2D eigenvalue weighted by Crippen LogP contribution is 2.21. The number of amides is 3. The quantitative estimate of drug-likeness (QED) is 0.760. The Bertz CT molecular complexity index is 532. The molecule has 2 saturated heterocycles. The number of nitrogens with one attached hydrogen (secondary N) is 1. The lowest BCUT2D eigenvalue weighted by atomic mass is 10.1. The third-order valence-corrected chi connectivity index (χ3v) is 3.65. The number of phenols is 1. The second kappa shape index (κ2) is 4.46. The van der Waals surface area contributed by atoms with Gasteiger partial charge in [0.2, 0.25) is 0 Å². The van der Waals surface area contributed by atoms with Crippen molar-refractivity contribution in [2.24, 2.45) is 0 Å². The van der Waals surface area contributed by atoms with Crippen molar-refractivity contribution in [1.82, 2.24) is 15.1 Å². The van der Waals surface area contributed by atoms with E-state index in [9.17, 15) is 14.7 Å². The summed E-state index contributed by atoms with van der Waals surface area (Å²) in [5, 5.41) is 12.5. The summed E-state index contributed by atoms with van der Waals surface area (Å²) < 4.78 is 0. The fraction of sp³-hybridized carbons (Fsp3) is 0.385. The van der Waals surface area contributed by atoms with Crippen molar-refractivity contribution in [1.29, 1.82) is 0 Å². The number of rotatable bonds is 1. The van der Waals surface area contributed by atoms with Gasteiger partial charge in [-0.1, -0.05) is 12.1 Å². The number of carbonyl (C=O) groups excluding carboxylic acids is 2. The van der Waals surface area contributed by atoms with Crippen LogP contribution in [0.4, 0.5) is 4.79 Å². The van der Waals surface area contributed by atoms with Crippen LogP contribution in [0.3, 0.4) is 0 Å². The van der Waals surface area contributed by atoms with Crippen LogP contribution in [0, 0.1) is 0 Å². The van der Waals surface area contributed by atoms with Gasteiger partial charge in [-0.3, -0.25) is 4.79 Å². The lowest BCUT2D eigenvalue weighted by Crippen LogP contribution is -2.53. The topological polar surface area (TPSA) is 72.9 Å². The Morgan fingerprint density at radius 1 is 1.32 bits per heavy atom. The van der Waals surface area contributed by atoms with Crippen LogP contribution in [-0.2, 0) is 0 Å². The summed E-state index contributed by atoms with van der Waals surface area (Å²) in [5.74, 6) is -0.187. The minimum atomic E-state index is -0.183. The highest BCUT2D eigenvalue weighted by Gasteiger charge is 2.37. The van der Waals surface area contributed by atoms with Gasteiger partial charge in [0.05, 0.1) is 11.6 Å². The molecular weight excluding hydrogens is 246 g/mol. The molecule has 2 fully saturated rings. The minimum Gasteiger partial charge on any atom is -0.507 e. The summed E-state index contributed by atoms with van der Waals surface area (Å²) >= 11 is 0. The molecule has 0 radical (unpaired) electrons. The fourth-order valence-electron chi connectivity index (χ4n) is 2.61. The number of hydrogen-bond donors (Lipinski definition) is 2. The molecule has 3 rings (SSSR count). The van der Waals surface area contributed by atoms with Crippen LogP contribution < -0.4 is 5.32 Å². The molecule has 0 aromatic heterocycles. The monoisotopic (exact) mass is 261 g/mol. The lowest BCUT2D eigenvalue weighted by Gasteiger charge is -2.36. The molecule has 6 nitrogen and oxygen atoms in total. The number of benzene rings is 1. The normalized spacial score (nSPS) is 22.1. The number of carbonyl (C=O) groups is 2. The smallest absolute Gasteiger partial charge is 0.317 e. The van der Waals surface area contributed by atoms with Crippen molar-refractivity contribution >= 4 is 11.9 Å². The summed E-state index contributed by atoms with van der Waals surface area (Å²) in [5.41, 5.74) is 0.313. The molecule has 2 aliphatic heterocycles. The second-order valence-electron chi connectivity index (χ2n) is 4.80. The number of hydrogen-bond acceptors (Lipinski definition) is 3. The van der Waals surface area contributed by atoms with Crippen molar-refractivity contribution < 1.29 is 14.7 Å². The molecule has 0 saturated carbocycles.